The molecule has 1 aromatic rings. The van der Waals surface area contributed by atoms with E-state index in [1.165, 1.54) is 43.2 Å². The molecule has 1 aliphatic carbocycles. The van der Waals surface area contributed by atoms with Crippen LogP contribution in [0.2, 0.25) is 0 Å². The van der Waals surface area contributed by atoms with E-state index in [1.54, 1.807) is 0 Å². The van der Waals surface area contributed by atoms with Crippen LogP contribution in [0.3, 0.4) is 0 Å². The van der Waals surface area contributed by atoms with Crippen LogP contribution in [0.5, 0.6) is 0 Å². The fourth-order valence-electron chi connectivity index (χ4n) is 2.39. The lowest BCUT2D eigenvalue weighted by Gasteiger charge is -2.16. The molecule has 0 radical (unpaired) electrons. The summed E-state index contributed by atoms with van der Waals surface area (Å²) < 4.78 is 0. The Morgan fingerprint density at radius 2 is 1.88 bits per heavy atom. The summed E-state index contributed by atoms with van der Waals surface area (Å²) in [6.45, 7) is 5.54. The first-order chi connectivity index (χ1) is 8.33. The van der Waals surface area contributed by atoms with Gasteiger partial charge < -0.3 is 5.32 Å². The summed E-state index contributed by atoms with van der Waals surface area (Å²) in [5.74, 6) is 0.875. The molecule has 1 aliphatic rings. The Kier molecular flexibility index (Phi) is 4.61. The van der Waals surface area contributed by atoms with Crippen molar-refractivity contribution in [2.24, 2.45) is 0 Å². The van der Waals surface area contributed by atoms with Crippen LogP contribution in [0.4, 0.5) is 0 Å². The Morgan fingerprint density at radius 3 is 2.41 bits per heavy atom. The van der Waals surface area contributed by atoms with Gasteiger partial charge in [0.1, 0.15) is 0 Å². The van der Waals surface area contributed by atoms with E-state index in [4.69, 9.17) is 0 Å². The van der Waals surface area contributed by atoms with Gasteiger partial charge >= 0.3 is 0 Å². The molecule has 17 heavy (non-hydrogen) atoms. The highest BCUT2D eigenvalue weighted by atomic mass is 14.9. The quantitative estimate of drug-likeness (QED) is 0.740. The molecule has 0 amide bonds. The zero-order valence-electron chi connectivity index (χ0n) is 11.2. The molecule has 2 rings (SSSR count). The van der Waals surface area contributed by atoms with Gasteiger partial charge in [-0.05, 0) is 42.7 Å². The van der Waals surface area contributed by atoms with E-state index in [1.807, 2.05) is 0 Å². The molecule has 1 fully saturated rings. The zero-order valence-corrected chi connectivity index (χ0v) is 11.2. The number of hydrogen-bond donors (Lipinski definition) is 1. The van der Waals surface area contributed by atoms with Crippen molar-refractivity contribution in [2.75, 3.05) is 0 Å². The van der Waals surface area contributed by atoms with Crippen molar-refractivity contribution in [3.8, 4) is 0 Å². The number of benzene rings is 1. The van der Waals surface area contributed by atoms with E-state index in [0.29, 0.717) is 6.04 Å². The highest BCUT2D eigenvalue weighted by molar-refractivity contribution is 5.27. The Balaban J connectivity index is 1.81. The smallest absolute Gasteiger partial charge is 0.0208 e. The number of nitrogens with one attached hydrogen (secondary N) is 1. The maximum Gasteiger partial charge on any atom is 0.0208 e. The summed E-state index contributed by atoms with van der Waals surface area (Å²) in [5.41, 5.74) is 2.96. The van der Waals surface area contributed by atoms with Gasteiger partial charge in [-0.25, -0.2) is 0 Å². The summed E-state index contributed by atoms with van der Waals surface area (Å²) in [6.07, 6.45) is 6.58. The van der Waals surface area contributed by atoms with Gasteiger partial charge in [-0.1, -0.05) is 44.5 Å². The largest absolute Gasteiger partial charge is 0.310 e. The van der Waals surface area contributed by atoms with Gasteiger partial charge in [0.25, 0.3) is 0 Å². The third-order valence-corrected chi connectivity index (χ3v) is 3.75. The van der Waals surface area contributed by atoms with Gasteiger partial charge in [-0.15, -0.1) is 0 Å². The van der Waals surface area contributed by atoms with Crippen LogP contribution in [0.1, 0.15) is 63.0 Å². The minimum atomic E-state index is 0.683. The maximum absolute atomic E-state index is 3.65. The normalized spacial score (nSPS) is 17.1. The molecule has 1 saturated carbocycles. The SMILES string of the molecule is CCCC(CC)NCc1ccc(C2CC2)cc1. The zero-order chi connectivity index (χ0) is 12.1. The lowest BCUT2D eigenvalue weighted by atomic mass is 10.1. The first-order valence-corrected chi connectivity index (χ1v) is 7.15. The highest BCUT2D eigenvalue weighted by Gasteiger charge is 2.22. The topological polar surface area (TPSA) is 12.0 Å². The molecular weight excluding hydrogens is 206 g/mol. The van der Waals surface area contributed by atoms with Crippen LogP contribution in [0.15, 0.2) is 24.3 Å². The second-order valence-electron chi connectivity index (χ2n) is 5.29. The molecule has 0 aromatic heterocycles. The molecule has 0 saturated heterocycles. The highest BCUT2D eigenvalue weighted by Crippen LogP contribution is 2.39. The summed E-state index contributed by atoms with van der Waals surface area (Å²) in [4.78, 5) is 0. The molecule has 0 bridgehead atoms. The summed E-state index contributed by atoms with van der Waals surface area (Å²) in [7, 11) is 0. The van der Waals surface area contributed by atoms with Crippen molar-refractivity contribution in [1.82, 2.24) is 5.32 Å². The number of hydrogen-bond acceptors (Lipinski definition) is 1. The van der Waals surface area contributed by atoms with Crippen molar-refractivity contribution in [2.45, 2.75) is 64.5 Å². The van der Waals surface area contributed by atoms with Crippen molar-refractivity contribution in [3.05, 3.63) is 35.4 Å². The van der Waals surface area contributed by atoms with Crippen molar-refractivity contribution >= 4 is 0 Å². The van der Waals surface area contributed by atoms with Crippen LogP contribution in [0.25, 0.3) is 0 Å². The lowest BCUT2D eigenvalue weighted by molar-refractivity contribution is 0.462. The van der Waals surface area contributed by atoms with Crippen LogP contribution in [-0.2, 0) is 6.54 Å². The predicted octanol–water partition coefficient (Wildman–Crippen LogP) is 4.23. The molecule has 1 nitrogen and oxygen atoms in total. The third-order valence-electron chi connectivity index (χ3n) is 3.75. The Morgan fingerprint density at radius 1 is 1.18 bits per heavy atom. The average Bonchev–Trinajstić information content (AvgIpc) is 3.19. The molecule has 1 unspecified atom stereocenters. The minimum Gasteiger partial charge on any atom is -0.310 e. The fraction of sp³-hybridized carbons (Fsp3) is 0.625. The second kappa shape index (κ2) is 6.20. The van der Waals surface area contributed by atoms with Gasteiger partial charge in [-0.3, -0.25) is 0 Å². The number of rotatable bonds is 7. The molecule has 0 aliphatic heterocycles. The van der Waals surface area contributed by atoms with Crippen molar-refractivity contribution < 1.29 is 0 Å². The summed E-state index contributed by atoms with van der Waals surface area (Å²) >= 11 is 0. The first-order valence-electron chi connectivity index (χ1n) is 7.15. The van der Waals surface area contributed by atoms with E-state index in [-0.39, 0.29) is 0 Å². The molecule has 0 heterocycles. The maximum atomic E-state index is 3.65. The lowest BCUT2D eigenvalue weighted by Crippen LogP contribution is -2.27. The standard InChI is InChI=1S/C16H25N/c1-3-5-16(4-2)17-12-13-6-8-14(9-7-13)15-10-11-15/h6-9,15-17H,3-5,10-12H2,1-2H3. The van der Waals surface area contributed by atoms with Gasteiger partial charge in [0.15, 0.2) is 0 Å². The monoisotopic (exact) mass is 231 g/mol. The third kappa shape index (κ3) is 3.85. The summed E-state index contributed by atoms with van der Waals surface area (Å²) in [6, 6.07) is 9.90. The van der Waals surface area contributed by atoms with Gasteiger partial charge in [0, 0.05) is 12.6 Å². The second-order valence-corrected chi connectivity index (χ2v) is 5.29. The van der Waals surface area contributed by atoms with E-state index < -0.39 is 0 Å². The predicted molar refractivity (Wildman–Crippen MR) is 74.2 cm³/mol. The van der Waals surface area contributed by atoms with E-state index in [9.17, 15) is 0 Å². The van der Waals surface area contributed by atoms with Crippen LogP contribution >= 0.6 is 0 Å². The first kappa shape index (κ1) is 12.6. The average molecular weight is 231 g/mol. The van der Waals surface area contributed by atoms with Crippen LogP contribution in [-0.4, -0.2) is 6.04 Å². The molecule has 0 spiro atoms. The molecular formula is C16H25N. The minimum absolute atomic E-state index is 0.683. The molecule has 1 atom stereocenters. The van der Waals surface area contributed by atoms with E-state index >= 15 is 0 Å². The van der Waals surface area contributed by atoms with Gasteiger partial charge in [0.2, 0.25) is 0 Å². The van der Waals surface area contributed by atoms with Gasteiger partial charge in [-0.2, -0.15) is 0 Å². The molecule has 1 aromatic carbocycles. The van der Waals surface area contributed by atoms with Crippen LogP contribution in [0, 0.1) is 0 Å². The molecule has 1 N–H and O–H groups in total. The van der Waals surface area contributed by atoms with Crippen molar-refractivity contribution in [1.29, 1.82) is 0 Å². The van der Waals surface area contributed by atoms with Gasteiger partial charge in [0.05, 0.1) is 0 Å². The summed E-state index contributed by atoms with van der Waals surface area (Å²) in [5, 5.41) is 3.65. The fourth-order valence-corrected chi connectivity index (χ4v) is 2.39. The Bertz CT molecular complexity index is 324. The van der Waals surface area contributed by atoms with E-state index in [0.717, 1.165) is 12.5 Å². The van der Waals surface area contributed by atoms with Crippen molar-refractivity contribution in [3.63, 3.8) is 0 Å². The molecule has 1 heteroatoms. The molecule has 94 valence electrons. The van der Waals surface area contributed by atoms with Crippen LogP contribution < -0.4 is 5.32 Å². The van der Waals surface area contributed by atoms with E-state index in [2.05, 4.69) is 43.4 Å². The Hall–Kier alpha value is -0.820. The Labute approximate surface area is 106 Å².